The lowest BCUT2D eigenvalue weighted by molar-refractivity contribution is -0.119. The Morgan fingerprint density at radius 1 is 1.28 bits per heavy atom. The first kappa shape index (κ1) is 19.3. The Bertz CT molecular complexity index is 1160. The van der Waals surface area contributed by atoms with E-state index in [1.807, 2.05) is 30.5 Å². The average Bonchev–Trinajstić information content (AvgIpc) is 3.20. The lowest BCUT2D eigenvalue weighted by Gasteiger charge is -2.16. The number of carbonyl (C=O) groups is 2. The summed E-state index contributed by atoms with van der Waals surface area (Å²) in [7, 11) is 0. The summed E-state index contributed by atoms with van der Waals surface area (Å²) >= 11 is 0. The van der Waals surface area contributed by atoms with E-state index in [9.17, 15) is 14.9 Å². The summed E-state index contributed by atoms with van der Waals surface area (Å²) in [5.41, 5.74) is 4.24. The van der Waals surface area contributed by atoms with Crippen LogP contribution in [0.1, 0.15) is 18.2 Å². The summed E-state index contributed by atoms with van der Waals surface area (Å²) in [5.74, 6) is 0.364. The second-order valence-corrected chi connectivity index (χ2v) is 9.01. The van der Waals surface area contributed by atoms with Crippen LogP contribution in [0.3, 0.4) is 0 Å². The minimum atomic E-state index is -0.497. The number of pyridine rings is 1. The highest BCUT2D eigenvalue weighted by Crippen LogP contribution is 2.62. The fourth-order valence-corrected chi connectivity index (χ4v) is 5.65. The number of amides is 2. The number of cyclic esters (lactones) is 1. The van der Waals surface area contributed by atoms with Crippen LogP contribution in [0.25, 0.3) is 11.1 Å². The van der Waals surface area contributed by atoms with Crippen LogP contribution in [0.15, 0.2) is 36.5 Å². The van der Waals surface area contributed by atoms with Crippen molar-refractivity contribution in [1.82, 2.24) is 10.3 Å². The summed E-state index contributed by atoms with van der Waals surface area (Å²) in [6.45, 7) is 3.03. The van der Waals surface area contributed by atoms with E-state index in [1.165, 1.54) is 6.92 Å². The fourth-order valence-electron chi connectivity index (χ4n) is 5.65. The molecule has 4 atom stereocenters. The third-order valence-electron chi connectivity index (χ3n) is 7.38. The molecule has 32 heavy (non-hydrogen) atoms. The van der Waals surface area contributed by atoms with Gasteiger partial charge in [-0.1, -0.05) is 12.1 Å². The van der Waals surface area contributed by atoms with Gasteiger partial charge in [0.25, 0.3) is 0 Å². The van der Waals surface area contributed by atoms with Crippen molar-refractivity contribution in [3.05, 3.63) is 47.8 Å². The molecule has 162 valence electrons. The van der Waals surface area contributed by atoms with E-state index in [1.54, 1.807) is 4.90 Å². The summed E-state index contributed by atoms with van der Waals surface area (Å²) in [6.07, 6.45) is 1.76. The lowest BCUT2D eigenvalue weighted by Crippen LogP contribution is -2.40. The van der Waals surface area contributed by atoms with Crippen LogP contribution in [0, 0.1) is 23.2 Å². The number of ether oxygens (including phenoxy) is 2. The highest BCUT2D eigenvalue weighted by atomic mass is 16.6. The molecule has 0 bridgehead atoms. The maximum Gasteiger partial charge on any atom is 0.415 e. The Labute approximate surface area is 185 Å². The van der Waals surface area contributed by atoms with Gasteiger partial charge in [0.15, 0.2) is 0 Å². The largest absolute Gasteiger partial charge is 0.442 e. The molecule has 2 aromatic rings. The van der Waals surface area contributed by atoms with Crippen LogP contribution in [0.2, 0.25) is 0 Å². The van der Waals surface area contributed by atoms with Gasteiger partial charge in [-0.25, -0.2) is 4.79 Å². The molecule has 1 saturated carbocycles. The number of benzene rings is 1. The normalized spacial score (nSPS) is 31.4. The van der Waals surface area contributed by atoms with Crippen LogP contribution in [0.5, 0.6) is 0 Å². The monoisotopic (exact) mass is 430 g/mol. The van der Waals surface area contributed by atoms with E-state index >= 15 is 0 Å². The van der Waals surface area contributed by atoms with Gasteiger partial charge in [-0.05, 0) is 35.7 Å². The second kappa shape index (κ2) is 6.78. The Morgan fingerprint density at radius 2 is 2.06 bits per heavy atom. The van der Waals surface area contributed by atoms with Crippen molar-refractivity contribution in [2.45, 2.75) is 30.9 Å². The number of fused-ring (bicyclic) bond motifs is 4. The molecule has 8 heteroatoms. The predicted octanol–water partition coefficient (Wildman–Crippen LogP) is 2.17. The standard InChI is InChI=1S/C24H22N4O4/c1-13(29)26-9-21-20-7-16-6-14(2-4-19(16)28(20)23(30)32-21)15-3-5-22(27-8-15)24(12-25)17-10-31-11-18(17)24/h2-6,8,17-18,20-21H,7,9-11H2,1H3,(H,26,29)/t17?,18?,20-,21-,24?/m0/s1. The molecule has 8 nitrogen and oxygen atoms in total. The zero-order valence-electron chi connectivity index (χ0n) is 17.6. The third-order valence-corrected chi connectivity index (χ3v) is 7.38. The van der Waals surface area contributed by atoms with Crippen molar-refractivity contribution >= 4 is 17.7 Å². The molecule has 1 aliphatic carbocycles. The van der Waals surface area contributed by atoms with Crippen LogP contribution in [-0.4, -0.2) is 48.9 Å². The number of hydrogen-bond donors (Lipinski definition) is 1. The maximum absolute atomic E-state index is 12.4. The molecule has 1 N–H and O–H groups in total. The van der Waals surface area contributed by atoms with Gasteiger partial charge >= 0.3 is 6.09 Å². The Morgan fingerprint density at radius 3 is 2.75 bits per heavy atom. The molecular formula is C24H22N4O4. The molecule has 4 heterocycles. The first-order valence-electron chi connectivity index (χ1n) is 10.9. The van der Waals surface area contributed by atoms with Crippen LogP contribution in [-0.2, 0) is 26.1 Å². The predicted molar refractivity (Wildman–Crippen MR) is 114 cm³/mol. The molecular weight excluding hydrogens is 408 g/mol. The molecule has 0 spiro atoms. The number of nitriles is 1. The average molecular weight is 430 g/mol. The number of anilines is 1. The Kier molecular flexibility index (Phi) is 4.08. The van der Waals surface area contributed by atoms with E-state index in [0.717, 1.165) is 28.1 Å². The van der Waals surface area contributed by atoms with Crippen molar-refractivity contribution in [2.24, 2.45) is 11.8 Å². The lowest BCUT2D eigenvalue weighted by atomic mass is 9.96. The van der Waals surface area contributed by atoms with Gasteiger partial charge in [0.2, 0.25) is 5.91 Å². The smallest absolute Gasteiger partial charge is 0.415 e. The molecule has 6 rings (SSSR count). The van der Waals surface area contributed by atoms with Gasteiger partial charge in [0, 0.05) is 30.5 Å². The number of hydrogen-bond acceptors (Lipinski definition) is 6. The Hall–Kier alpha value is -3.44. The molecule has 2 amide bonds. The highest BCUT2D eigenvalue weighted by Gasteiger charge is 2.70. The molecule has 3 aliphatic heterocycles. The number of carbonyl (C=O) groups excluding carboxylic acids is 2. The van der Waals surface area contributed by atoms with E-state index in [4.69, 9.17) is 9.47 Å². The number of rotatable bonds is 4. The summed E-state index contributed by atoms with van der Waals surface area (Å²) in [4.78, 5) is 30.0. The van der Waals surface area contributed by atoms with E-state index in [0.29, 0.717) is 26.2 Å². The van der Waals surface area contributed by atoms with Crippen molar-refractivity contribution < 1.29 is 19.1 Å². The molecule has 1 aromatic carbocycles. The summed E-state index contributed by atoms with van der Waals surface area (Å²) < 4.78 is 10.9. The van der Waals surface area contributed by atoms with Gasteiger partial charge in [0.05, 0.1) is 43.3 Å². The molecule has 0 radical (unpaired) electrons. The maximum atomic E-state index is 12.4. The van der Waals surface area contributed by atoms with E-state index in [2.05, 4.69) is 22.4 Å². The van der Waals surface area contributed by atoms with Crippen LogP contribution < -0.4 is 10.2 Å². The fraction of sp³-hybridized carbons (Fsp3) is 0.417. The van der Waals surface area contributed by atoms with Crippen molar-refractivity contribution in [1.29, 1.82) is 5.26 Å². The van der Waals surface area contributed by atoms with Gasteiger partial charge in [-0.3, -0.25) is 14.7 Å². The Balaban J connectivity index is 1.24. The zero-order chi connectivity index (χ0) is 22.0. The van der Waals surface area contributed by atoms with Crippen molar-refractivity contribution in [2.75, 3.05) is 24.7 Å². The SMILES string of the molecule is CC(=O)NC[C@@H]1OC(=O)N2c3ccc(-c4ccc(C5(C#N)C6COCC65)nc4)cc3C[C@@H]12. The minimum absolute atomic E-state index is 0.118. The van der Waals surface area contributed by atoms with Crippen LogP contribution >= 0.6 is 0 Å². The minimum Gasteiger partial charge on any atom is -0.442 e. The summed E-state index contributed by atoms with van der Waals surface area (Å²) in [5, 5.41) is 12.5. The third kappa shape index (κ3) is 2.61. The zero-order valence-corrected chi connectivity index (χ0v) is 17.6. The van der Waals surface area contributed by atoms with Gasteiger partial charge in [0.1, 0.15) is 11.5 Å². The van der Waals surface area contributed by atoms with Gasteiger partial charge < -0.3 is 14.8 Å². The summed E-state index contributed by atoms with van der Waals surface area (Å²) in [6, 6.07) is 12.4. The van der Waals surface area contributed by atoms with Crippen molar-refractivity contribution in [3.8, 4) is 17.2 Å². The highest BCUT2D eigenvalue weighted by molar-refractivity contribution is 5.94. The molecule has 2 unspecified atom stereocenters. The molecule has 2 saturated heterocycles. The van der Waals surface area contributed by atoms with E-state index < -0.39 is 5.41 Å². The number of nitrogens with zero attached hydrogens (tertiary/aromatic N) is 3. The van der Waals surface area contributed by atoms with E-state index in [-0.39, 0.29) is 36.0 Å². The first-order chi connectivity index (χ1) is 15.5. The topological polar surface area (TPSA) is 105 Å². The molecule has 3 fully saturated rings. The second-order valence-electron chi connectivity index (χ2n) is 9.01. The number of nitrogens with one attached hydrogen (secondary N) is 1. The van der Waals surface area contributed by atoms with Crippen LogP contribution in [0.4, 0.5) is 10.5 Å². The van der Waals surface area contributed by atoms with Gasteiger partial charge in [-0.15, -0.1) is 0 Å². The quantitative estimate of drug-likeness (QED) is 0.797. The molecule has 1 aromatic heterocycles. The van der Waals surface area contributed by atoms with Crippen molar-refractivity contribution in [3.63, 3.8) is 0 Å². The first-order valence-corrected chi connectivity index (χ1v) is 10.9. The van der Waals surface area contributed by atoms with Gasteiger partial charge in [-0.2, -0.15) is 5.26 Å². The number of aromatic nitrogens is 1. The molecule has 4 aliphatic rings.